The molecule has 3 nitrogen and oxygen atoms in total. The lowest BCUT2D eigenvalue weighted by Gasteiger charge is -2.18. The highest BCUT2D eigenvalue weighted by molar-refractivity contribution is 8.14. The number of amidine groups is 1. The van der Waals surface area contributed by atoms with Gasteiger partial charge < -0.3 is 5.73 Å². The van der Waals surface area contributed by atoms with Crippen LogP contribution in [0.25, 0.3) is 11.9 Å². The maximum Gasteiger partial charge on any atom is 0.267 e. The summed E-state index contributed by atoms with van der Waals surface area (Å²) in [6.07, 6.45) is 2.44. The van der Waals surface area contributed by atoms with Crippen LogP contribution in [0.1, 0.15) is 22.9 Å². The van der Waals surface area contributed by atoms with Crippen molar-refractivity contribution in [2.75, 3.05) is 0 Å². The van der Waals surface area contributed by atoms with E-state index in [0.29, 0.717) is 10.6 Å². The Bertz CT molecular complexity index is 962. The SMILES string of the molecule is NC1=NC(c2cc(/C=C(\F)c3ccc(Cl)cn3)ccc2F)C2C(S1)C2(F)F. The van der Waals surface area contributed by atoms with Crippen LogP contribution in [0.15, 0.2) is 41.5 Å². The number of fused-ring (bicyclic) bond motifs is 1. The molecule has 1 aromatic heterocycles. The van der Waals surface area contributed by atoms with E-state index in [-0.39, 0.29) is 16.4 Å². The van der Waals surface area contributed by atoms with E-state index in [2.05, 4.69) is 9.98 Å². The Hall–Kier alpha value is -2.06. The van der Waals surface area contributed by atoms with Crippen LogP contribution in [-0.4, -0.2) is 21.3 Å². The number of rotatable bonds is 3. The lowest BCUT2D eigenvalue weighted by Crippen LogP contribution is -2.17. The molecule has 2 heterocycles. The summed E-state index contributed by atoms with van der Waals surface area (Å²) in [4.78, 5) is 7.88. The molecule has 2 aliphatic rings. The molecule has 27 heavy (non-hydrogen) atoms. The Balaban J connectivity index is 1.69. The van der Waals surface area contributed by atoms with E-state index >= 15 is 0 Å². The fraction of sp³-hybridized carbons (Fsp3) is 0.222. The standard InChI is InChI=1S/C18H12ClF4N3S/c19-9-2-4-13(25-7-9)12(21)6-8-1-3-11(20)10(5-8)15-14-16(18(14,22)23)27-17(24)26-15/h1-7,14-16H,(H2,24,26)/b12-6-. The van der Waals surface area contributed by atoms with Crippen LogP contribution in [0.2, 0.25) is 5.02 Å². The highest BCUT2D eigenvalue weighted by Gasteiger charge is 2.73. The molecule has 1 aliphatic carbocycles. The van der Waals surface area contributed by atoms with E-state index in [0.717, 1.165) is 23.9 Å². The molecule has 1 aromatic carbocycles. The fourth-order valence-electron chi connectivity index (χ4n) is 3.11. The molecule has 3 unspecified atom stereocenters. The van der Waals surface area contributed by atoms with E-state index in [9.17, 15) is 17.6 Å². The average molecular weight is 414 g/mol. The monoisotopic (exact) mass is 413 g/mol. The summed E-state index contributed by atoms with van der Waals surface area (Å²) in [5.74, 6) is -5.43. The van der Waals surface area contributed by atoms with Gasteiger partial charge in [-0.25, -0.2) is 17.6 Å². The van der Waals surface area contributed by atoms with Gasteiger partial charge in [0, 0.05) is 11.8 Å². The first-order chi connectivity index (χ1) is 12.8. The molecular formula is C18H12ClF4N3S. The largest absolute Gasteiger partial charge is 0.379 e. The minimum absolute atomic E-state index is 0.00434. The van der Waals surface area contributed by atoms with Gasteiger partial charge in [-0.15, -0.1) is 0 Å². The van der Waals surface area contributed by atoms with Gasteiger partial charge in [-0.2, -0.15) is 0 Å². The summed E-state index contributed by atoms with van der Waals surface area (Å²) in [6, 6.07) is 5.55. The highest BCUT2D eigenvalue weighted by Crippen LogP contribution is 2.64. The summed E-state index contributed by atoms with van der Waals surface area (Å²) in [6.45, 7) is 0. The minimum atomic E-state index is -2.96. The summed E-state index contributed by atoms with van der Waals surface area (Å²) in [5.41, 5.74) is 5.94. The summed E-state index contributed by atoms with van der Waals surface area (Å²) < 4.78 is 56.6. The molecule has 1 aliphatic heterocycles. The molecule has 4 rings (SSSR count). The maximum absolute atomic E-state index is 14.4. The molecule has 1 saturated carbocycles. The van der Waals surface area contributed by atoms with Gasteiger partial charge in [0.25, 0.3) is 5.92 Å². The number of nitrogens with two attached hydrogens (primary N) is 1. The normalized spacial score (nSPS) is 26.3. The molecule has 0 bridgehead atoms. The van der Waals surface area contributed by atoms with Gasteiger partial charge in [-0.3, -0.25) is 9.98 Å². The van der Waals surface area contributed by atoms with Crippen molar-refractivity contribution in [3.05, 3.63) is 64.2 Å². The van der Waals surface area contributed by atoms with Gasteiger partial charge in [-0.05, 0) is 35.9 Å². The molecule has 2 N–H and O–H groups in total. The number of alkyl halides is 2. The van der Waals surface area contributed by atoms with Crippen molar-refractivity contribution in [2.45, 2.75) is 17.2 Å². The first-order valence-electron chi connectivity index (χ1n) is 7.93. The van der Waals surface area contributed by atoms with Crippen LogP contribution in [0, 0.1) is 11.7 Å². The minimum Gasteiger partial charge on any atom is -0.379 e. The molecule has 140 valence electrons. The number of aliphatic imine (C=N–C) groups is 1. The van der Waals surface area contributed by atoms with Crippen molar-refractivity contribution in [3.8, 4) is 0 Å². The van der Waals surface area contributed by atoms with Crippen molar-refractivity contribution in [3.63, 3.8) is 0 Å². The number of aromatic nitrogens is 1. The van der Waals surface area contributed by atoms with Crippen LogP contribution in [0.5, 0.6) is 0 Å². The number of hydrogen-bond acceptors (Lipinski definition) is 4. The summed E-state index contributed by atoms with van der Waals surface area (Å²) in [5, 5.41) is -0.648. The zero-order valence-corrected chi connectivity index (χ0v) is 15.1. The van der Waals surface area contributed by atoms with Crippen LogP contribution >= 0.6 is 23.4 Å². The van der Waals surface area contributed by atoms with E-state index in [1.807, 2.05) is 0 Å². The van der Waals surface area contributed by atoms with Gasteiger partial charge in [0.15, 0.2) is 5.17 Å². The summed E-state index contributed by atoms with van der Waals surface area (Å²) in [7, 11) is 0. The van der Waals surface area contributed by atoms with Gasteiger partial charge in [0.1, 0.15) is 11.6 Å². The number of halogens is 5. The van der Waals surface area contributed by atoms with Crippen molar-refractivity contribution in [1.82, 2.24) is 4.98 Å². The highest BCUT2D eigenvalue weighted by atomic mass is 35.5. The molecule has 0 radical (unpaired) electrons. The molecule has 9 heteroatoms. The van der Waals surface area contributed by atoms with Crippen molar-refractivity contribution in [2.24, 2.45) is 16.6 Å². The Labute approximate surface area is 161 Å². The third kappa shape index (κ3) is 3.32. The third-order valence-electron chi connectivity index (χ3n) is 4.50. The number of hydrogen-bond donors (Lipinski definition) is 1. The first-order valence-corrected chi connectivity index (χ1v) is 9.19. The lowest BCUT2D eigenvalue weighted by atomic mass is 9.99. The second-order valence-electron chi connectivity index (χ2n) is 6.29. The second kappa shape index (κ2) is 6.53. The molecule has 2 aromatic rings. The Kier molecular flexibility index (Phi) is 4.43. The predicted octanol–water partition coefficient (Wildman–Crippen LogP) is 5.08. The van der Waals surface area contributed by atoms with Gasteiger partial charge >= 0.3 is 0 Å². The number of thioether (sulfide) groups is 1. The molecule has 0 saturated heterocycles. The van der Waals surface area contributed by atoms with Crippen LogP contribution in [0.3, 0.4) is 0 Å². The topological polar surface area (TPSA) is 51.3 Å². The molecule has 3 atom stereocenters. The zero-order valence-electron chi connectivity index (χ0n) is 13.5. The van der Waals surface area contributed by atoms with Crippen molar-refractivity contribution in [1.29, 1.82) is 0 Å². The maximum atomic E-state index is 14.4. The molecule has 0 spiro atoms. The van der Waals surface area contributed by atoms with E-state index in [1.54, 1.807) is 0 Å². The first kappa shape index (κ1) is 18.3. The number of nitrogens with zero attached hydrogens (tertiary/aromatic N) is 2. The Morgan fingerprint density at radius 3 is 2.74 bits per heavy atom. The molecular weight excluding hydrogens is 402 g/mol. The quantitative estimate of drug-likeness (QED) is 0.714. The lowest BCUT2D eigenvalue weighted by molar-refractivity contribution is 0.0948. The number of benzene rings is 1. The van der Waals surface area contributed by atoms with Crippen LogP contribution in [0.4, 0.5) is 17.6 Å². The van der Waals surface area contributed by atoms with Crippen molar-refractivity contribution >= 4 is 40.4 Å². The predicted molar refractivity (Wildman–Crippen MR) is 98.8 cm³/mol. The Morgan fingerprint density at radius 1 is 1.26 bits per heavy atom. The van der Waals surface area contributed by atoms with E-state index < -0.39 is 34.8 Å². The second-order valence-corrected chi connectivity index (χ2v) is 7.88. The van der Waals surface area contributed by atoms with Gasteiger partial charge in [-0.1, -0.05) is 29.4 Å². The average Bonchev–Trinajstić information content (AvgIpc) is 3.17. The summed E-state index contributed by atoms with van der Waals surface area (Å²) >= 11 is 6.53. The number of pyridine rings is 1. The van der Waals surface area contributed by atoms with Gasteiger partial charge in [0.2, 0.25) is 0 Å². The fourth-order valence-corrected chi connectivity index (χ4v) is 4.37. The van der Waals surface area contributed by atoms with Crippen LogP contribution < -0.4 is 5.73 Å². The van der Waals surface area contributed by atoms with Crippen LogP contribution in [-0.2, 0) is 0 Å². The smallest absolute Gasteiger partial charge is 0.267 e. The Morgan fingerprint density at radius 2 is 2.04 bits per heavy atom. The third-order valence-corrected chi connectivity index (χ3v) is 5.93. The van der Waals surface area contributed by atoms with Gasteiger partial charge in [0.05, 0.1) is 27.9 Å². The molecule has 1 fully saturated rings. The molecule has 0 amide bonds. The zero-order chi connectivity index (χ0) is 19.3. The van der Waals surface area contributed by atoms with E-state index in [1.165, 1.54) is 30.5 Å². The van der Waals surface area contributed by atoms with Crippen molar-refractivity contribution < 1.29 is 17.6 Å². The van der Waals surface area contributed by atoms with E-state index in [4.69, 9.17) is 17.3 Å².